The second kappa shape index (κ2) is 13.1. The first-order valence-electron chi connectivity index (χ1n) is 11.6. The van der Waals surface area contributed by atoms with E-state index < -0.39 is 28.7 Å². The van der Waals surface area contributed by atoms with E-state index in [0.29, 0.717) is 18.7 Å². The predicted octanol–water partition coefficient (Wildman–Crippen LogP) is 3.02. The van der Waals surface area contributed by atoms with Crippen LogP contribution < -0.4 is 9.62 Å². The molecule has 0 saturated carbocycles. The van der Waals surface area contributed by atoms with Gasteiger partial charge < -0.3 is 10.2 Å². The van der Waals surface area contributed by atoms with E-state index in [1.807, 2.05) is 44.2 Å². The fraction of sp³-hybridized carbons (Fsp3) is 0.440. The maximum Gasteiger partial charge on any atom is 0.304 e. The summed E-state index contributed by atoms with van der Waals surface area (Å²) in [6.45, 7) is 4.20. The van der Waals surface area contributed by atoms with E-state index >= 15 is 0 Å². The molecule has 0 radical (unpaired) electrons. The van der Waals surface area contributed by atoms with E-state index in [4.69, 9.17) is 0 Å². The van der Waals surface area contributed by atoms with Gasteiger partial charge in [-0.15, -0.1) is 0 Å². The third-order valence-electron chi connectivity index (χ3n) is 5.47. The molecule has 2 amide bonds. The molecule has 34 heavy (non-hydrogen) atoms. The molecule has 0 spiro atoms. The molecule has 2 aromatic carbocycles. The Hall–Kier alpha value is -2.91. The largest absolute Gasteiger partial charge is 0.354 e. The molecule has 0 fully saturated rings. The van der Waals surface area contributed by atoms with Gasteiger partial charge in [0.25, 0.3) is 0 Å². The van der Waals surface area contributed by atoms with Crippen molar-refractivity contribution in [2.45, 2.75) is 45.7 Å². The molecule has 0 aliphatic rings. The summed E-state index contributed by atoms with van der Waals surface area (Å²) in [6, 6.07) is 17.2. The number of para-hydroxylation sites is 1. The molecular formula is C25H36N4O4S. The summed E-state index contributed by atoms with van der Waals surface area (Å²) in [5.74, 6) is -0.683. The van der Waals surface area contributed by atoms with Gasteiger partial charge >= 0.3 is 10.2 Å². The number of unbranched alkanes of at least 4 members (excludes halogenated alkanes) is 1. The normalized spacial score (nSPS) is 12.3. The Morgan fingerprint density at radius 1 is 0.941 bits per heavy atom. The molecule has 2 rings (SSSR count). The summed E-state index contributed by atoms with van der Waals surface area (Å²) in [5.41, 5.74) is 1.24. The average Bonchev–Trinajstić information content (AvgIpc) is 2.83. The molecule has 0 bridgehead atoms. The fourth-order valence-corrected chi connectivity index (χ4v) is 4.57. The molecule has 1 atom stereocenters. The van der Waals surface area contributed by atoms with E-state index in [1.54, 1.807) is 30.3 Å². The number of anilines is 1. The van der Waals surface area contributed by atoms with E-state index in [0.717, 1.165) is 27.0 Å². The maximum atomic E-state index is 13.7. The lowest BCUT2D eigenvalue weighted by Crippen LogP contribution is -2.53. The zero-order valence-corrected chi connectivity index (χ0v) is 21.3. The monoisotopic (exact) mass is 488 g/mol. The highest BCUT2D eigenvalue weighted by atomic mass is 32.2. The van der Waals surface area contributed by atoms with Crippen molar-refractivity contribution < 1.29 is 18.0 Å². The fourth-order valence-electron chi connectivity index (χ4n) is 3.52. The van der Waals surface area contributed by atoms with Crippen LogP contribution in [0.1, 0.15) is 38.7 Å². The minimum absolute atomic E-state index is 0.198. The van der Waals surface area contributed by atoms with Gasteiger partial charge in [-0.25, -0.2) is 4.31 Å². The summed E-state index contributed by atoms with van der Waals surface area (Å²) >= 11 is 0. The number of benzene rings is 2. The first-order valence-corrected chi connectivity index (χ1v) is 13.0. The summed E-state index contributed by atoms with van der Waals surface area (Å²) < 4.78 is 28.3. The number of nitrogens with one attached hydrogen (secondary N) is 1. The van der Waals surface area contributed by atoms with Crippen LogP contribution in [0.2, 0.25) is 0 Å². The Morgan fingerprint density at radius 3 is 2.06 bits per heavy atom. The SMILES string of the molecule is CCCCNC(=O)[C@H](CC)N(Cc1ccccc1)C(=O)CN(c1ccccc1)S(=O)(=O)N(C)C. The summed E-state index contributed by atoms with van der Waals surface area (Å²) in [7, 11) is -1.10. The molecule has 186 valence electrons. The van der Waals surface area contributed by atoms with E-state index in [9.17, 15) is 18.0 Å². The van der Waals surface area contributed by atoms with Crippen LogP contribution in [0.4, 0.5) is 5.69 Å². The minimum atomic E-state index is -3.95. The molecule has 0 aliphatic heterocycles. The molecule has 8 nitrogen and oxygen atoms in total. The third kappa shape index (κ3) is 7.30. The van der Waals surface area contributed by atoms with Crippen LogP contribution in [0, 0.1) is 0 Å². The van der Waals surface area contributed by atoms with Gasteiger partial charge in [-0.2, -0.15) is 12.7 Å². The van der Waals surface area contributed by atoms with Crippen molar-refractivity contribution in [1.82, 2.24) is 14.5 Å². The van der Waals surface area contributed by atoms with E-state index in [2.05, 4.69) is 5.32 Å². The van der Waals surface area contributed by atoms with Gasteiger partial charge in [0.15, 0.2) is 0 Å². The highest BCUT2D eigenvalue weighted by Gasteiger charge is 2.33. The Kier molecular flexibility index (Phi) is 10.5. The van der Waals surface area contributed by atoms with Crippen LogP contribution in [0.3, 0.4) is 0 Å². The zero-order chi connectivity index (χ0) is 25.1. The quantitative estimate of drug-likeness (QED) is 0.439. The number of hydrogen-bond acceptors (Lipinski definition) is 4. The number of nitrogens with zero attached hydrogens (tertiary/aromatic N) is 3. The Balaban J connectivity index is 2.40. The first kappa shape index (κ1) is 27.3. The molecule has 0 aromatic heterocycles. The molecular weight excluding hydrogens is 452 g/mol. The van der Waals surface area contributed by atoms with E-state index in [-0.39, 0.29) is 12.5 Å². The second-order valence-electron chi connectivity index (χ2n) is 8.21. The highest BCUT2D eigenvalue weighted by Crippen LogP contribution is 2.21. The third-order valence-corrected chi connectivity index (χ3v) is 7.29. The molecule has 2 aromatic rings. The van der Waals surface area contributed by atoms with Crippen molar-refractivity contribution in [3.63, 3.8) is 0 Å². The Bertz CT molecular complexity index is 1010. The number of amides is 2. The van der Waals surface area contributed by atoms with E-state index in [1.165, 1.54) is 19.0 Å². The molecule has 1 N–H and O–H groups in total. The molecule has 0 heterocycles. The lowest BCUT2D eigenvalue weighted by atomic mass is 10.1. The Labute approximate surface area is 203 Å². The maximum absolute atomic E-state index is 13.7. The van der Waals surface area contributed by atoms with Gasteiger partial charge in [0.1, 0.15) is 12.6 Å². The van der Waals surface area contributed by atoms with Crippen LogP contribution >= 0.6 is 0 Å². The van der Waals surface area contributed by atoms with Crippen molar-refractivity contribution in [2.24, 2.45) is 0 Å². The van der Waals surface area contributed by atoms with Crippen molar-refractivity contribution >= 4 is 27.7 Å². The van der Waals surface area contributed by atoms with Crippen molar-refractivity contribution in [1.29, 1.82) is 0 Å². The Morgan fingerprint density at radius 2 is 1.53 bits per heavy atom. The number of hydrogen-bond donors (Lipinski definition) is 1. The van der Waals surface area contributed by atoms with Gasteiger partial charge in [-0.3, -0.25) is 9.59 Å². The van der Waals surface area contributed by atoms with Gasteiger partial charge in [0.2, 0.25) is 11.8 Å². The molecule has 0 saturated heterocycles. The number of rotatable bonds is 13. The smallest absolute Gasteiger partial charge is 0.304 e. The second-order valence-corrected chi connectivity index (χ2v) is 10.3. The molecule has 0 aliphatic carbocycles. The van der Waals surface area contributed by atoms with Crippen LogP contribution in [-0.2, 0) is 26.3 Å². The van der Waals surface area contributed by atoms with Crippen molar-refractivity contribution in [3.05, 3.63) is 66.2 Å². The lowest BCUT2D eigenvalue weighted by molar-refractivity contribution is -0.140. The van der Waals surface area contributed by atoms with Crippen LogP contribution in [0.25, 0.3) is 0 Å². The average molecular weight is 489 g/mol. The zero-order valence-electron chi connectivity index (χ0n) is 20.5. The summed E-state index contributed by atoms with van der Waals surface area (Å²) in [5, 5.41) is 2.92. The first-order chi connectivity index (χ1) is 16.2. The standard InChI is InChI=1S/C25H36N4O4S/c1-5-7-18-26-25(31)23(6-2)28(19-21-14-10-8-11-15-21)24(30)20-29(34(32,33)27(3)4)22-16-12-9-13-17-22/h8-17,23H,5-7,18-20H2,1-4H3,(H,26,31)/t23-/m0/s1. The van der Waals surface area contributed by atoms with Crippen LogP contribution in [0.15, 0.2) is 60.7 Å². The topological polar surface area (TPSA) is 90.0 Å². The summed E-state index contributed by atoms with van der Waals surface area (Å²) in [6.07, 6.45) is 2.19. The van der Waals surface area contributed by atoms with Gasteiger partial charge in [0.05, 0.1) is 5.69 Å². The predicted molar refractivity (Wildman–Crippen MR) is 135 cm³/mol. The molecule has 0 unspecified atom stereocenters. The molecule has 9 heteroatoms. The van der Waals surface area contributed by atoms with Gasteiger partial charge in [-0.1, -0.05) is 68.8 Å². The van der Waals surface area contributed by atoms with Gasteiger partial charge in [0, 0.05) is 27.2 Å². The van der Waals surface area contributed by atoms with Crippen LogP contribution in [0.5, 0.6) is 0 Å². The van der Waals surface area contributed by atoms with Crippen molar-refractivity contribution in [2.75, 3.05) is 31.5 Å². The lowest BCUT2D eigenvalue weighted by Gasteiger charge is -2.34. The summed E-state index contributed by atoms with van der Waals surface area (Å²) in [4.78, 5) is 28.1. The minimum Gasteiger partial charge on any atom is -0.354 e. The van der Waals surface area contributed by atoms with Crippen molar-refractivity contribution in [3.8, 4) is 0 Å². The highest BCUT2D eigenvalue weighted by molar-refractivity contribution is 7.90. The van der Waals surface area contributed by atoms with Crippen LogP contribution in [-0.4, -0.2) is 62.7 Å². The number of carbonyl (C=O) groups is 2. The number of carbonyl (C=O) groups excluding carboxylic acids is 2. The van der Waals surface area contributed by atoms with Gasteiger partial charge in [-0.05, 0) is 30.5 Å².